The lowest BCUT2D eigenvalue weighted by Crippen LogP contribution is -2.24. The van der Waals surface area contributed by atoms with Crippen molar-refractivity contribution in [1.82, 2.24) is 0 Å². The summed E-state index contributed by atoms with van der Waals surface area (Å²) in [5.41, 5.74) is 16.3. The molecule has 16 heavy (non-hydrogen) atoms. The van der Waals surface area contributed by atoms with E-state index in [1.54, 1.807) is 0 Å². The number of ether oxygens (including phenoxy) is 2. The minimum absolute atomic E-state index is 0.0287. The second-order valence-electron chi connectivity index (χ2n) is 2.92. The van der Waals surface area contributed by atoms with Crippen LogP contribution >= 0.6 is 0 Å². The van der Waals surface area contributed by atoms with Crippen molar-refractivity contribution in [3.63, 3.8) is 0 Å². The maximum absolute atomic E-state index is 9.23. The second-order valence-corrected chi connectivity index (χ2v) is 2.92. The highest BCUT2D eigenvalue weighted by molar-refractivity contribution is 4.69. The van der Waals surface area contributed by atoms with Gasteiger partial charge in [0.25, 0.3) is 0 Å². The van der Waals surface area contributed by atoms with E-state index in [1.807, 2.05) is 0 Å². The van der Waals surface area contributed by atoms with Gasteiger partial charge in [0.05, 0.1) is 25.9 Å². The molecule has 2 unspecified atom stereocenters. The zero-order chi connectivity index (χ0) is 12.2. The van der Waals surface area contributed by atoms with Crippen LogP contribution < -0.4 is 0 Å². The van der Waals surface area contributed by atoms with Gasteiger partial charge in [-0.2, -0.15) is 0 Å². The highest BCUT2D eigenvalue weighted by atomic mass is 16.5. The Kier molecular flexibility index (Phi) is 9.09. The molecule has 90 valence electrons. The van der Waals surface area contributed by atoms with E-state index in [4.69, 9.17) is 20.5 Å². The lowest BCUT2D eigenvalue weighted by atomic mass is 10.3. The first-order chi connectivity index (χ1) is 7.74. The molecule has 0 fully saturated rings. The van der Waals surface area contributed by atoms with Crippen LogP contribution in [0.4, 0.5) is 0 Å². The quantitative estimate of drug-likeness (QED) is 0.359. The van der Waals surface area contributed by atoms with Gasteiger partial charge >= 0.3 is 0 Å². The molecule has 9 heteroatoms. The molecule has 0 spiro atoms. The van der Waals surface area contributed by atoms with Gasteiger partial charge in [-0.05, 0) is 11.1 Å². The molecule has 0 saturated heterocycles. The van der Waals surface area contributed by atoms with Gasteiger partial charge in [0.15, 0.2) is 0 Å². The number of hydrogen-bond acceptors (Lipinski definition) is 5. The van der Waals surface area contributed by atoms with E-state index in [-0.39, 0.29) is 26.4 Å². The average Bonchev–Trinajstić information content (AvgIpc) is 2.26. The molecule has 0 aromatic rings. The number of aliphatic hydroxyl groups is 1. The summed E-state index contributed by atoms with van der Waals surface area (Å²) in [6, 6.07) is -0.560. The third-order valence-electron chi connectivity index (χ3n) is 1.55. The van der Waals surface area contributed by atoms with E-state index in [2.05, 4.69) is 20.1 Å². The van der Waals surface area contributed by atoms with Crippen molar-refractivity contribution in [2.75, 3.05) is 33.5 Å². The number of methoxy groups -OCH3 is 1. The molecular weight excluding hydrogens is 216 g/mol. The lowest BCUT2D eigenvalue weighted by molar-refractivity contribution is -0.00862. The van der Waals surface area contributed by atoms with Crippen LogP contribution in [0.15, 0.2) is 10.2 Å². The van der Waals surface area contributed by atoms with Crippen LogP contribution in [0.5, 0.6) is 0 Å². The maximum atomic E-state index is 9.23. The topological polar surface area (TPSA) is 136 Å². The molecule has 0 amide bonds. The Morgan fingerprint density at radius 1 is 1.25 bits per heavy atom. The Balaban J connectivity index is 3.83. The standard InChI is InChI=1S/C7H14N6O3/c1-15-4-7(14)5-16-3-6(11-13-9)2-10-12-8/h6-7,14H,2-5H2,1H3. The van der Waals surface area contributed by atoms with E-state index in [0.717, 1.165) is 0 Å². The summed E-state index contributed by atoms with van der Waals surface area (Å²) >= 11 is 0. The van der Waals surface area contributed by atoms with E-state index in [0.29, 0.717) is 0 Å². The van der Waals surface area contributed by atoms with Crippen LogP contribution in [0.2, 0.25) is 0 Å². The summed E-state index contributed by atoms with van der Waals surface area (Å²) in [6.07, 6.45) is -0.726. The number of nitrogens with zero attached hydrogens (tertiary/aromatic N) is 6. The molecule has 1 N–H and O–H groups in total. The van der Waals surface area contributed by atoms with Crippen LogP contribution in [0, 0.1) is 0 Å². The van der Waals surface area contributed by atoms with E-state index in [1.165, 1.54) is 7.11 Å². The smallest absolute Gasteiger partial charge is 0.101 e. The fourth-order valence-electron chi connectivity index (χ4n) is 0.907. The van der Waals surface area contributed by atoms with Gasteiger partial charge in [0.1, 0.15) is 6.10 Å². The summed E-state index contributed by atoms with van der Waals surface area (Å²) in [4.78, 5) is 5.14. The van der Waals surface area contributed by atoms with Crippen LogP contribution in [0.1, 0.15) is 0 Å². The van der Waals surface area contributed by atoms with Crippen molar-refractivity contribution in [3.8, 4) is 0 Å². The van der Waals surface area contributed by atoms with Gasteiger partial charge in [-0.1, -0.05) is 10.2 Å². The Hall–Kier alpha value is -1.50. The van der Waals surface area contributed by atoms with Gasteiger partial charge in [0.2, 0.25) is 0 Å². The van der Waals surface area contributed by atoms with Gasteiger partial charge in [-0.25, -0.2) is 0 Å². The minimum Gasteiger partial charge on any atom is -0.388 e. The van der Waals surface area contributed by atoms with E-state index < -0.39 is 12.1 Å². The first-order valence-electron chi connectivity index (χ1n) is 4.54. The Morgan fingerprint density at radius 3 is 2.56 bits per heavy atom. The molecular formula is C7H14N6O3. The molecule has 0 saturated carbocycles. The molecule has 0 rings (SSSR count). The van der Waals surface area contributed by atoms with Gasteiger partial charge in [-0.3, -0.25) is 0 Å². The summed E-state index contributed by atoms with van der Waals surface area (Å²) in [5, 5.41) is 15.9. The lowest BCUT2D eigenvalue weighted by Gasteiger charge is -2.12. The summed E-state index contributed by atoms with van der Waals surface area (Å²) in [6.45, 7) is 0.356. The zero-order valence-electron chi connectivity index (χ0n) is 8.93. The van der Waals surface area contributed by atoms with E-state index >= 15 is 0 Å². The minimum atomic E-state index is -0.726. The van der Waals surface area contributed by atoms with Crippen molar-refractivity contribution >= 4 is 0 Å². The molecule has 0 radical (unpaired) electrons. The molecule has 0 aliphatic heterocycles. The third kappa shape index (κ3) is 7.86. The highest BCUT2D eigenvalue weighted by Gasteiger charge is 2.08. The number of rotatable bonds is 9. The molecule has 0 bridgehead atoms. The maximum Gasteiger partial charge on any atom is 0.101 e. The van der Waals surface area contributed by atoms with E-state index in [9.17, 15) is 5.11 Å². The highest BCUT2D eigenvalue weighted by Crippen LogP contribution is 1.96. The van der Waals surface area contributed by atoms with Crippen molar-refractivity contribution in [2.45, 2.75) is 12.1 Å². The number of aliphatic hydroxyl groups excluding tert-OH is 1. The van der Waals surface area contributed by atoms with Gasteiger partial charge < -0.3 is 14.6 Å². The van der Waals surface area contributed by atoms with Crippen LogP contribution in [-0.2, 0) is 9.47 Å². The third-order valence-corrected chi connectivity index (χ3v) is 1.55. The summed E-state index contributed by atoms with van der Waals surface area (Å²) in [5.74, 6) is 0. The Morgan fingerprint density at radius 2 is 2.00 bits per heavy atom. The van der Waals surface area contributed by atoms with Crippen molar-refractivity contribution in [2.24, 2.45) is 10.2 Å². The Bertz CT molecular complexity index is 273. The van der Waals surface area contributed by atoms with Crippen molar-refractivity contribution in [3.05, 3.63) is 20.9 Å². The second kappa shape index (κ2) is 10.0. The SMILES string of the molecule is COCC(O)COCC(CN=[N+]=[N-])N=[N+]=[N-]. The molecule has 0 aromatic carbocycles. The predicted molar refractivity (Wildman–Crippen MR) is 55.6 cm³/mol. The fourth-order valence-corrected chi connectivity index (χ4v) is 0.907. The summed E-state index contributed by atoms with van der Waals surface area (Å²) < 4.78 is 9.78. The van der Waals surface area contributed by atoms with Gasteiger partial charge in [0, 0.05) is 23.5 Å². The Labute approximate surface area is 92.2 Å². The molecule has 0 heterocycles. The number of azide groups is 2. The number of hydrogen-bond donors (Lipinski definition) is 1. The fraction of sp³-hybridized carbons (Fsp3) is 1.00. The van der Waals surface area contributed by atoms with Crippen LogP contribution in [0.25, 0.3) is 20.9 Å². The largest absolute Gasteiger partial charge is 0.388 e. The van der Waals surface area contributed by atoms with Gasteiger partial charge in [-0.15, -0.1) is 0 Å². The predicted octanol–water partition coefficient (Wildman–Crippen LogP) is 0.999. The monoisotopic (exact) mass is 230 g/mol. The van der Waals surface area contributed by atoms with Crippen LogP contribution in [0.3, 0.4) is 0 Å². The molecule has 0 aliphatic rings. The van der Waals surface area contributed by atoms with Crippen LogP contribution in [-0.4, -0.2) is 50.7 Å². The first-order valence-corrected chi connectivity index (χ1v) is 4.54. The normalized spacial score (nSPS) is 13.4. The molecule has 0 aliphatic carbocycles. The molecule has 2 atom stereocenters. The molecule has 0 aromatic heterocycles. The average molecular weight is 230 g/mol. The summed E-state index contributed by atoms with van der Waals surface area (Å²) in [7, 11) is 1.47. The van der Waals surface area contributed by atoms with Crippen molar-refractivity contribution in [1.29, 1.82) is 0 Å². The van der Waals surface area contributed by atoms with Crippen molar-refractivity contribution < 1.29 is 14.6 Å². The zero-order valence-corrected chi connectivity index (χ0v) is 8.93. The first kappa shape index (κ1) is 14.5. The molecule has 9 nitrogen and oxygen atoms in total.